The quantitative estimate of drug-likeness (QED) is 0.917. The van der Waals surface area contributed by atoms with E-state index in [1.54, 1.807) is 0 Å². The number of benzene rings is 1. The van der Waals surface area contributed by atoms with E-state index < -0.39 is 0 Å². The van der Waals surface area contributed by atoms with Crippen LogP contribution in [0.1, 0.15) is 24.8 Å². The number of nitrogens with two attached hydrogens (primary N) is 1. The van der Waals surface area contributed by atoms with Crippen LogP contribution in [-0.4, -0.2) is 24.5 Å². The lowest BCUT2D eigenvalue weighted by molar-refractivity contribution is 0.163. The minimum absolute atomic E-state index is 0.643. The second kappa shape index (κ2) is 6.76. The molecule has 4 heteroatoms. The fraction of sp³-hybridized carbons (Fsp3) is 0.571. The zero-order valence-corrected chi connectivity index (χ0v) is 12.1. The Balaban J connectivity index is 1.98. The SMILES string of the molecule is NCCC1CCCN(Cc2cccc(Cl)c2Cl)C1. The number of nitrogens with zero attached hydrogens (tertiary/aromatic N) is 1. The molecule has 1 heterocycles. The number of halogens is 2. The smallest absolute Gasteiger partial charge is 0.0637 e. The highest BCUT2D eigenvalue weighted by molar-refractivity contribution is 6.42. The number of rotatable bonds is 4. The number of piperidine rings is 1. The van der Waals surface area contributed by atoms with Gasteiger partial charge >= 0.3 is 0 Å². The topological polar surface area (TPSA) is 29.3 Å². The van der Waals surface area contributed by atoms with Crippen molar-refractivity contribution in [1.82, 2.24) is 4.90 Å². The van der Waals surface area contributed by atoms with Crippen LogP contribution in [0.25, 0.3) is 0 Å². The standard InChI is InChI=1S/C14H20Cl2N2/c15-13-5-1-4-12(14(13)16)10-18-8-2-3-11(9-18)6-7-17/h1,4-5,11H,2-3,6-10,17H2. The van der Waals surface area contributed by atoms with Gasteiger partial charge in [0.2, 0.25) is 0 Å². The first kappa shape index (κ1) is 14.1. The predicted octanol–water partition coefficient (Wildman–Crippen LogP) is 3.55. The van der Waals surface area contributed by atoms with Gasteiger partial charge in [-0.3, -0.25) is 4.90 Å². The first-order valence-corrected chi connectivity index (χ1v) is 7.31. The van der Waals surface area contributed by atoms with E-state index in [0.29, 0.717) is 10.0 Å². The van der Waals surface area contributed by atoms with Crippen molar-refractivity contribution in [3.8, 4) is 0 Å². The molecule has 100 valence electrons. The van der Waals surface area contributed by atoms with Gasteiger partial charge in [-0.25, -0.2) is 0 Å². The van der Waals surface area contributed by atoms with Crippen molar-refractivity contribution in [2.24, 2.45) is 11.7 Å². The minimum atomic E-state index is 0.643. The van der Waals surface area contributed by atoms with Gasteiger partial charge in [-0.2, -0.15) is 0 Å². The number of likely N-dealkylation sites (tertiary alicyclic amines) is 1. The molecule has 1 aliphatic rings. The minimum Gasteiger partial charge on any atom is -0.330 e. The fourth-order valence-corrected chi connectivity index (χ4v) is 3.06. The molecule has 2 nitrogen and oxygen atoms in total. The van der Waals surface area contributed by atoms with Gasteiger partial charge in [-0.05, 0) is 49.9 Å². The normalized spacial score (nSPS) is 21.2. The molecule has 1 fully saturated rings. The molecule has 1 aromatic carbocycles. The van der Waals surface area contributed by atoms with Gasteiger partial charge in [0, 0.05) is 13.1 Å². The summed E-state index contributed by atoms with van der Waals surface area (Å²) >= 11 is 12.3. The van der Waals surface area contributed by atoms with Crippen molar-refractivity contribution in [2.45, 2.75) is 25.8 Å². The van der Waals surface area contributed by atoms with E-state index in [-0.39, 0.29) is 0 Å². The summed E-state index contributed by atoms with van der Waals surface area (Å²) in [5.74, 6) is 0.738. The lowest BCUT2D eigenvalue weighted by Gasteiger charge is -2.32. The van der Waals surface area contributed by atoms with Crippen molar-refractivity contribution in [2.75, 3.05) is 19.6 Å². The Labute approximate surface area is 119 Å². The Hall–Kier alpha value is -0.280. The highest BCUT2D eigenvalue weighted by atomic mass is 35.5. The van der Waals surface area contributed by atoms with Crippen LogP contribution < -0.4 is 5.73 Å². The van der Waals surface area contributed by atoms with Crippen molar-refractivity contribution in [3.05, 3.63) is 33.8 Å². The van der Waals surface area contributed by atoms with Crippen LogP contribution in [0.2, 0.25) is 10.0 Å². The molecule has 0 spiro atoms. The molecule has 0 amide bonds. The van der Waals surface area contributed by atoms with Crippen LogP contribution in [0.3, 0.4) is 0 Å². The van der Waals surface area contributed by atoms with Crippen molar-refractivity contribution < 1.29 is 0 Å². The van der Waals surface area contributed by atoms with Crippen molar-refractivity contribution >= 4 is 23.2 Å². The summed E-state index contributed by atoms with van der Waals surface area (Å²) in [4.78, 5) is 2.46. The second-order valence-corrected chi connectivity index (χ2v) is 5.82. The van der Waals surface area contributed by atoms with Gasteiger partial charge in [0.1, 0.15) is 0 Å². The number of hydrogen-bond donors (Lipinski definition) is 1. The Morgan fingerprint density at radius 2 is 2.17 bits per heavy atom. The number of hydrogen-bond acceptors (Lipinski definition) is 2. The summed E-state index contributed by atoms with van der Waals surface area (Å²) in [6.07, 6.45) is 3.68. The molecule has 0 bridgehead atoms. The van der Waals surface area contributed by atoms with Gasteiger partial charge in [0.15, 0.2) is 0 Å². The van der Waals surface area contributed by atoms with Gasteiger partial charge < -0.3 is 5.73 Å². The third-order valence-corrected chi connectivity index (χ3v) is 4.46. The maximum absolute atomic E-state index is 6.23. The molecule has 18 heavy (non-hydrogen) atoms. The average molecular weight is 287 g/mol. The molecule has 2 rings (SSSR count). The highest BCUT2D eigenvalue weighted by Gasteiger charge is 2.20. The Bertz CT molecular complexity index is 393. The fourth-order valence-electron chi connectivity index (χ4n) is 2.68. The van der Waals surface area contributed by atoms with Gasteiger partial charge in [0.25, 0.3) is 0 Å². The molecule has 0 aliphatic carbocycles. The first-order valence-electron chi connectivity index (χ1n) is 6.56. The third-order valence-electron chi connectivity index (χ3n) is 3.60. The van der Waals surface area contributed by atoms with Gasteiger partial charge in [-0.1, -0.05) is 35.3 Å². The van der Waals surface area contributed by atoms with E-state index in [1.807, 2.05) is 12.1 Å². The van der Waals surface area contributed by atoms with Gasteiger partial charge in [-0.15, -0.1) is 0 Å². The van der Waals surface area contributed by atoms with E-state index in [2.05, 4.69) is 11.0 Å². The monoisotopic (exact) mass is 286 g/mol. The van der Waals surface area contributed by atoms with Crippen molar-refractivity contribution in [1.29, 1.82) is 0 Å². The third kappa shape index (κ3) is 3.61. The van der Waals surface area contributed by atoms with Crippen LogP contribution in [0.4, 0.5) is 0 Å². The maximum atomic E-state index is 6.23. The van der Waals surface area contributed by atoms with E-state index in [9.17, 15) is 0 Å². The zero-order chi connectivity index (χ0) is 13.0. The highest BCUT2D eigenvalue weighted by Crippen LogP contribution is 2.28. The largest absolute Gasteiger partial charge is 0.330 e. The summed E-state index contributed by atoms with van der Waals surface area (Å²) in [5.41, 5.74) is 6.77. The summed E-state index contributed by atoms with van der Waals surface area (Å²) in [6.45, 7) is 3.95. The molecule has 1 atom stereocenters. The molecular formula is C14H20Cl2N2. The molecule has 1 aromatic rings. The molecule has 1 unspecified atom stereocenters. The van der Waals surface area contributed by atoms with Crippen molar-refractivity contribution in [3.63, 3.8) is 0 Å². The van der Waals surface area contributed by atoms with E-state index in [4.69, 9.17) is 28.9 Å². The Morgan fingerprint density at radius 3 is 2.94 bits per heavy atom. The average Bonchev–Trinajstić information content (AvgIpc) is 2.36. The van der Waals surface area contributed by atoms with E-state index in [0.717, 1.165) is 44.1 Å². The molecule has 1 aliphatic heterocycles. The molecule has 0 radical (unpaired) electrons. The lowest BCUT2D eigenvalue weighted by Crippen LogP contribution is -2.35. The Morgan fingerprint density at radius 1 is 1.33 bits per heavy atom. The first-order chi connectivity index (χ1) is 8.70. The lowest BCUT2D eigenvalue weighted by atomic mass is 9.94. The Kier molecular flexibility index (Phi) is 5.31. The van der Waals surface area contributed by atoms with Crippen LogP contribution in [-0.2, 0) is 6.54 Å². The summed E-state index contributed by atoms with van der Waals surface area (Å²) in [6, 6.07) is 5.85. The molecule has 2 N–H and O–H groups in total. The van der Waals surface area contributed by atoms with Crippen LogP contribution in [0, 0.1) is 5.92 Å². The summed E-state index contributed by atoms with van der Waals surface area (Å²) in [5, 5.41) is 1.34. The zero-order valence-electron chi connectivity index (χ0n) is 10.5. The molecule has 0 saturated carbocycles. The van der Waals surface area contributed by atoms with E-state index >= 15 is 0 Å². The van der Waals surface area contributed by atoms with Crippen LogP contribution in [0.15, 0.2) is 18.2 Å². The van der Waals surface area contributed by atoms with Crippen LogP contribution >= 0.6 is 23.2 Å². The van der Waals surface area contributed by atoms with E-state index in [1.165, 1.54) is 12.8 Å². The van der Waals surface area contributed by atoms with Crippen LogP contribution in [0.5, 0.6) is 0 Å². The predicted molar refractivity (Wildman–Crippen MR) is 78.1 cm³/mol. The second-order valence-electron chi connectivity index (χ2n) is 5.03. The molecular weight excluding hydrogens is 267 g/mol. The summed E-state index contributed by atoms with van der Waals surface area (Å²) in [7, 11) is 0. The summed E-state index contributed by atoms with van der Waals surface area (Å²) < 4.78 is 0. The molecule has 1 saturated heterocycles. The maximum Gasteiger partial charge on any atom is 0.0637 e. The molecule has 0 aromatic heterocycles. The van der Waals surface area contributed by atoms with Gasteiger partial charge in [0.05, 0.1) is 10.0 Å².